The minimum absolute atomic E-state index is 0.126. The maximum Gasteiger partial charge on any atom is 0.273 e. The van der Waals surface area contributed by atoms with E-state index in [-0.39, 0.29) is 23.0 Å². The molecule has 0 saturated carbocycles. The molecule has 1 aromatic carbocycles. The van der Waals surface area contributed by atoms with Crippen molar-refractivity contribution in [2.24, 2.45) is 0 Å². The van der Waals surface area contributed by atoms with Gasteiger partial charge in [0.25, 0.3) is 5.69 Å². The van der Waals surface area contributed by atoms with Gasteiger partial charge in [0.1, 0.15) is 5.76 Å². The fourth-order valence-corrected chi connectivity index (χ4v) is 2.80. The topological polar surface area (TPSA) is 115 Å². The lowest BCUT2D eigenvalue weighted by molar-refractivity contribution is -0.385. The Balaban J connectivity index is 2.23. The lowest BCUT2D eigenvalue weighted by atomic mass is 10.2. The number of hydrogen-bond donors (Lipinski definition) is 1. The van der Waals surface area contributed by atoms with E-state index in [0.717, 1.165) is 6.07 Å². The van der Waals surface area contributed by atoms with Gasteiger partial charge in [-0.05, 0) is 26.8 Å². The summed E-state index contributed by atoms with van der Waals surface area (Å²) in [5.74, 6) is 0.848. The zero-order chi connectivity index (χ0) is 16.5. The Labute approximate surface area is 127 Å². The quantitative estimate of drug-likeness (QED) is 0.664. The van der Waals surface area contributed by atoms with Crippen molar-refractivity contribution < 1.29 is 17.8 Å². The molecule has 0 radical (unpaired) electrons. The maximum atomic E-state index is 12.2. The lowest BCUT2D eigenvalue weighted by Crippen LogP contribution is -2.23. The summed E-state index contributed by atoms with van der Waals surface area (Å²) >= 11 is 0. The molecule has 0 spiro atoms. The number of nitrogens with zero attached hydrogens (tertiary/aromatic N) is 2. The Morgan fingerprint density at radius 1 is 1.32 bits per heavy atom. The second kappa shape index (κ2) is 5.85. The van der Waals surface area contributed by atoms with Gasteiger partial charge in [0.2, 0.25) is 15.9 Å². The van der Waals surface area contributed by atoms with E-state index >= 15 is 0 Å². The van der Waals surface area contributed by atoms with Crippen molar-refractivity contribution in [1.82, 2.24) is 9.71 Å². The molecule has 118 valence electrons. The Morgan fingerprint density at radius 3 is 2.55 bits per heavy atom. The summed E-state index contributed by atoms with van der Waals surface area (Å²) in [6.07, 6.45) is 0. The third-order valence-electron chi connectivity index (χ3n) is 3.17. The number of aromatic nitrogens is 1. The summed E-state index contributed by atoms with van der Waals surface area (Å²) in [6, 6.07) is 3.74. The Morgan fingerprint density at radius 2 is 2.00 bits per heavy atom. The van der Waals surface area contributed by atoms with Crippen molar-refractivity contribution >= 4 is 15.7 Å². The van der Waals surface area contributed by atoms with Gasteiger partial charge in [-0.15, -0.1) is 0 Å². The first-order valence-corrected chi connectivity index (χ1v) is 7.86. The normalized spacial score (nSPS) is 11.6. The smallest absolute Gasteiger partial charge is 0.273 e. The highest BCUT2D eigenvalue weighted by Crippen LogP contribution is 2.22. The number of nitro groups is 1. The molecule has 0 aliphatic rings. The third-order valence-corrected chi connectivity index (χ3v) is 4.57. The van der Waals surface area contributed by atoms with Gasteiger partial charge in [0, 0.05) is 11.6 Å². The van der Waals surface area contributed by atoms with Gasteiger partial charge in [-0.25, -0.2) is 18.1 Å². The molecule has 0 fully saturated rings. The molecule has 1 aromatic heterocycles. The van der Waals surface area contributed by atoms with Crippen molar-refractivity contribution in [1.29, 1.82) is 0 Å². The predicted octanol–water partition coefficient (Wildman–Crippen LogP) is 1.99. The number of aryl methyl sites for hydroxylation is 3. The highest BCUT2D eigenvalue weighted by atomic mass is 32.2. The number of rotatable bonds is 5. The Hall–Kier alpha value is -2.26. The molecule has 0 aliphatic heterocycles. The maximum absolute atomic E-state index is 12.2. The Bertz CT molecular complexity index is 807. The monoisotopic (exact) mass is 325 g/mol. The number of hydrogen-bond acceptors (Lipinski definition) is 6. The fourth-order valence-electron chi connectivity index (χ4n) is 1.81. The minimum Gasteiger partial charge on any atom is -0.444 e. The SMILES string of the molecule is Cc1ccc(S(=O)(=O)NCc2nc(C)c(C)o2)cc1[N+](=O)[O-]. The summed E-state index contributed by atoms with van der Waals surface area (Å²) in [7, 11) is -3.89. The van der Waals surface area contributed by atoms with Crippen LogP contribution in [-0.2, 0) is 16.6 Å². The first kappa shape index (κ1) is 16.1. The van der Waals surface area contributed by atoms with Crippen LogP contribution in [0.25, 0.3) is 0 Å². The molecule has 8 nitrogen and oxygen atoms in total. The largest absolute Gasteiger partial charge is 0.444 e. The number of nitro benzene ring substituents is 1. The first-order valence-electron chi connectivity index (χ1n) is 6.38. The Kier molecular flexibility index (Phi) is 4.29. The van der Waals surface area contributed by atoms with Gasteiger partial charge in [-0.2, -0.15) is 0 Å². The highest BCUT2D eigenvalue weighted by Gasteiger charge is 2.20. The number of oxazole rings is 1. The number of sulfonamides is 1. The van der Waals surface area contributed by atoms with Crippen LogP contribution >= 0.6 is 0 Å². The van der Waals surface area contributed by atoms with E-state index < -0.39 is 14.9 Å². The van der Waals surface area contributed by atoms with Crippen LogP contribution in [0.1, 0.15) is 22.9 Å². The van der Waals surface area contributed by atoms with Gasteiger partial charge < -0.3 is 4.42 Å². The molecule has 1 heterocycles. The molecule has 22 heavy (non-hydrogen) atoms. The van der Waals surface area contributed by atoms with Crippen LogP contribution in [-0.4, -0.2) is 18.3 Å². The van der Waals surface area contributed by atoms with Gasteiger partial charge in [-0.1, -0.05) is 6.07 Å². The molecule has 0 unspecified atom stereocenters. The molecule has 9 heteroatoms. The van der Waals surface area contributed by atoms with Crippen molar-refractivity contribution in [2.75, 3.05) is 0 Å². The second-order valence-corrected chi connectivity index (χ2v) is 6.55. The average molecular weight is 325 g/mol. The highest BCUT2D eigenvalue weighted by molar-refractivity contribution is 7.89. The zero-order valence-electron chi connectivity index (χ0n) is 12.3. The molecule has 0 atom stereocenters. The molecule has 0 bridgehead atoms. The number of benzene rings is 1. The standard InChI is InChI=1S/C13H15N3O5S/c1-8-4-5-11(6-12(8)16(17)18)22(19,20)14-7-13-15-9(2)10(3)21-13/h4-6,14H,7H2,1-3H3. The van der Waals surface area contributed by atoms with Crippen LogP contribution < -0.4 is 4.72 Å². The molecule has 2 aromatic rings. The van der Waals surface area contributed by atoms with Crippen molar-refractivity contribution in [3.8, 4) is 0 Å². The average Bonchev–Trinajstić information content (AvgIpc) is 2.76. The summed E-state index contributed by atoms with van der Waals surface area (Å²) in [6.45, 7) is 4.89. The molecule has 2 rings (SSSR count). The molecule has 0 saturated heterocycles. The van der Waals surface area contributed by atoms with Crippen LogP contribution in [0, 0.1) is 30.9 Å². The molecular formula is C13H15N3O5S. The van der Waals surface area contributed by atoms with Crippen LogP contribution in [0.15, 0.2) is 27.5 Å². The number of nitrogens with one attached hydrogen (secondary N) is 1. The van der Waals surface area contributed by atoms with Gasteiger partial charge in [-0.3, -0.25) is 10.1 Å². The van der Waals surface area contributed by atoms with Crippen LogP contribution in [0.5, 0.6) is 0 Å². The molecule has 0 aliphatic carbocycles. The van der Waals surface area contributed by atoms with E-state index in [1.165, 1.54) is 12.1 Å². The van der Waals surface area contributed by atoms with Gasteiger partial charge in [0.15, 0.2) is 0 Å². The second-order valence-electron chi connectivity index (χ2n) is 4.78. The van der Waals surface area contributed by atoms with E-state index in [1.54, 1.807) is 20.8 Å². The van der Waals surface area contributed by atoms with E-state index in [1.807, 2.05) is 0 Å². The van der Waals surface area contributed by atoms with Crippen LogP contribution in [0.2, 0.25) is 0 Å². The van der Waals surface area contributed by atoms with E-state index in [0.29, 0.717) is 17.0 Å². The predicted molar refractivity (Wildman–Crippen MR) is 77.8 cm³/mol. The summed E-state index contributed by atoms with van der Waals surface area (Å²) in [4.78, 5) is 14.2. The molecule has 0 amide bonds. The van der Waals surface area contributed by atoms with E-state index in [9.17, 15) is 18.5 Å². The first-order chi connectivity index (χ1) is 10.2. The molecular weight excluding hydrogens is 310 g/mol. The summed E-state index contributed by atoms with van der Waals surface area (Å²) in [5, 5.41) is 10.9. The van der Waals surface area contributed by atoms with Gasteiger partial charge >= 0.3 is 0 Å². The zero-order valence-corrected chi connectivity index (χ0v) is 13.1. The third kappa shape index (κ3) is 3.31. The van der Waals surface area contributed by atoms with Crippen molar-refractivity contribution in [3.05, 3.63) is 51.2 Å². The van der Waals surface area contributed by atoms with Gasteiger partial charge in [0.05, 0.1) is 22.1 Å². The van der Waals surface area contributed by atoms with Crippen molar-refractivity contribution in [2.45, 2.75) is 32.2 Å². The lowest BCUT2D eigenvalue weighted by Gasteiger charge is -2.06. The fraction of sp³-hybridized carbons (Fsp3) is 0.308. The van der Waals surface area contributed by atoms with Crippen LogP contribution in [0.3, 0.4) is 0 Å². The van der Waals surface area contributed by atoms with Crippen molar-refractivity contribution in [3.63, 3.8) is 0 Å². The minimum atomic E-state index is -3.89. The summed E-state index contributed by atoms with van der Waals surface area (Å²) in [5.41, 5.74) is 0.828. The van der Waals surface area contributed by atoms with E-state index in [4.69, 9.17) is 4.42 Å². The van der Waals surface area contributed by atoms with Crippen LogP contribution in [0.4, 0.5) is 5.69 Å². The molecule has 1 N–H and O–H groups in total. The summed E-state index contributed by atoms with van der Waals surface area (Å²) < 4.78 is 32.0. The van der Waals surface area contributed by atoms with E-state index in [2.05, 4.69) is 9.71 Å².